The molecule has 2 aromatic heterocycles. The molecule has 0 saturated heterocycles. The van der Waals surface area contributed by atoms with Crippen LogP contribution in [0.5, 0.6) is 0 Å². The Kier molecular flexibility index (Phi) is 4.03. The van der Waals surface area contributed by atoms with Crippen LogP contribution in [0.1, 0.15) is 49.0 Å². The van der Waals surface area contributed by atoms with E-state index in [0.29, 0.717) is 23.0 Å². The van der Waals surface area contributed by atoms with Gasteiger partial charge in [-0.2, -0.15) is 10.2 Å². The number of hydrogen-bond acceptors (Lipinski definition) is 4. The Hall–Kier alpha value is -2.96. The molecular formula is C21H23N5O2. The minimum Gasteiger partial charge on any atom is -0.347 e. The van der Waals surface area contributed by atoms with Crippen LogP contribution < -0.4 is 10.9 Å². The van der Waals surface area contributed by atoms with Crippen molar-refractivity contribution in [2.24, 2.45) is 5.92 Å². The second kappa shape index (κ2) is 6.58. The van der Waals surface area contributed by atoms with Crippen LogP contribution in [0.3, 0.4) is 0 Å². The van der Waals surface area contributed by atoms with Gasteiger partial charge >= 0.3 is 0 Å². The number of rotatable bonds is 6. The van der Waals surface area contributed by atoms with Crippen molar-refractivity contribution in [3.8, 4) is 0 Å². The number of nitrogens with one attached hydrogen (secondary N) is 1. The zero-order valence-corrected chi connectivity index (χ0v) is 15.8. The summed E-state index contributed by atoms with van der Waals surface area (Å²) >= 11 is 0. The summed E-state index contributed by atoms with van der Waals surface area (Å²) in [5, 5.41) is 12.4. The van der Waals surface area contributed by atoms with Crippen LogP contribution in [0, 0.1) is 12.8 Å². The summed E-state index contributed by atoms with van der Waals surface area (Å²) in [6, 6.07) is 10.4. The summed E-state index contributed by atoms with van der Waals surface area (Å²) in [4.78, 5) is 25.6. The average Bonchev–Trinajstić information content (AvgIpc) is 3.61. The maximum Gasteiger partial charge on any atom is 0.278 e. The van der Waals surface area contributed by atoms with Crippen molar-refractivity contribution < 1.29 is 4.79 Å². The molecule has 7 heteroatoms. The Morgan fingerprint density at radius 3 is 2.64 bits per heavy atom. The molecular weight excluding hydrogens is 354 g/mol. The van der Waals surface area contributed by atoms with Crippen molar-refractivity contribution in [1.29, 1.82) is 0 Å². The fraction of sp³-hybridized carbons (Fsp3) is 0.429. The molecule has 7 nitrogen and oxygen atoms in total. The van der Waals surface area contributed by atoms with Crippen LogP contribution in [0.2, 0.25) is 0 Å². The zero-order valence-electron chi connectivity index (χ0n) is 15.8. The van der Waals surface area contributed by atoms with E-state index in [2.05, 4.69) is 15.5 Å². The molecule has 2 fully saturated rings. The molecule has 2 saturated carbocycles. The first-order valence-electron chi connectivity index (χ1n) is 9.91. The van der Waals surface area contributed by atoms with Crippen molar-refractivity contribution in [2.45, 2.75) is 51.2 Å². The van der Waals surface area contributed by atoms with Gasteiger partial charge in [0.2, 0.25) is 5.91 Å². The van der Waals surface area contributed by atoms with Gasteiger partial charge in [0, 0.05) is 0 Å². The number of hydrogen-bond donors (Lipinski definition) is 1. The minimum atomic E-state index is -0.250. The largest absolute Gasteiger partial charge is 0.347 e. The molecule has 0 spiro atoms. The third-order valence-corrected chi connectivity index (χ3v) is 5.64. The molecule has 5 rings (SSSR count). The smallest absolute Gasteiger partial charge is 0.278 e. The summed E-state index contributed by atoms with van der Waals surface area (Å²) in [5.41, 5.74) is 2.32. The Balaban J connectivity index is 1.39. The molecule has 2 aliphatic rings. The lowest BCUT2D eigenvalue weighted by Gasteiger charge is -2.19. The van der Waals surface area contributed by atoms with E-state index in [4.69, 9.17) is 0 Å². The third kappa shape index (κ3) is 3.10. The Morgan fingerprint density at radius 2 is 1.96 bits per heavy atom. The average molecular weight is 377 g/mol. The molecule has 144 valence electrons. The van der Waals surface area contributed by atoms with Crippen molar-refractivity contribution in [3.05, 3.63) is 58.1 Å². The van der Waals surface area contributed by atoms with E-state index in [1.807, 2.05) is 41.9 Å². The molecule has 2 heterocycles. The Labute approximate surface area is 162 Å². The van der Waals surface area contributed by atoms with Gasteiger partial charge in [0.15, 0.2) is 0 Å². The van der Waals surface area contributed by atoms with Gasteiger partial charge in [0.25, 0.3) is 5.56 Å². The first kappa shape index (κ1) is 17.2. The molecule has 1 aromatic carbocycles. The minimum absolute atomic E-state index is 0.00696. The van der Waals surface area contributed by atoms with Gasteiger partial charge in [-0.1, -0.05) is 30.3 Å². The van der Waals surface area contributed by atoms with Crippen molar-refractivity contribution in [2.75, 3.05) is 0 Å². The monoisotopic (exact) mass is 377 g/mol. The van der Waals surface area contributed by atoms with Gasteiger partial charge in [0.1, 0.15) is 6.54 Å². The Morgan fingerprint density at radius 1 is 1.21 bits per heavy atom. The number of carbonyl (C=O) groups excluding carboxylic acids is 1. The van der Waals surface area contributed by atoms with Crippen LogP contribution in [0.4, 0.5) is 0 Å². The number of fused-ring (bicyclic) bond motifs is 1. The second-order valence-electron chi connectivity index (χ2n) is 7.92. The van der Waals surface area contributed by atoms with E-state index >= 15 is 0 Å². The number of carbonyl (C=O) groups is 1. The molecule has 0 bridgehead atoms. The summed E-state index contributed by atoms with van der Waals surface area (Å²) in [7, 11) is 0. The lowest BCUT2D eigenvalue weighted by Crippen LogP contribution is -2.36. The van der Waals surface area contributed by atoms with Crippen molar-refractivity contribution in [3.63, 3.8) is 0 Å². The molecule has 1 amide bonds. The molecule has 3 aromatic rings. The number of aryl methyl sites for hydroxylation is 1. The van der Waals surface area contributed by atoms with E-state index in [-0.39, 0.29) is 24.1 Å². The highest BCUT2D eigenvalue weighted by Crippen LogP contribution is 2.41. The van der Waals surface area contributed by atoms with E-state index in [1.165, 1.54) is 4.68 Å². The van der Waals surface area contributed by atoms with Crippen molar-refractivity contribution in [1.82, 2.24) is 24.9 Å². The van der Waals surface area contributed by atoms with Crippen LogP contribution >= 0.6 is 0 Å². The predicted molar refractivity (Wildman–Crippen MR) is 105 cm³/mol. The van der Waals surface area contributed by atoms with Gasteiger partial charge in [0.05, 0.1) is 34.9 Å². The van der Waals surface area contributed by atoms with Gasteiger partial charge in [-0.25, -0.2) is 4.68 Å². The van der Waals surface area contributed by atoms with Gasteiger partial charge in [-0.05, 0) is 44.1 Å². The van der Waals surface area contributed by atoms with Crippen LogP contribution in [0.25, 0.3) is 10.9 Å². The lowest BCUT2D eigenvalue weighted by atomic mass is 10.0. The second-order valence-corrected chi connectivity index (χ2v) is 7.92. The van der Waals surface area contributed by atoms with Gasteiger partial charge < -0.3 is 5.32 Å². The number of amides is 1. The standard InChI is InChI=1S/C21H23N5O2/c1-13-19-17(26(24-13)16-9-10-16)11-22-25(21(19)28)12-18(27)23-20(15-7-8-15)14-5-3-2-4-6-14/h2-6,11,15-16,20H,7-10,12H2,1H3,(H,23,27)/t20-/m1/s1. The normalized spacial score (nSPS) is 17.6. The van der Waals surface area contributed by atoms with Crippen LogP contribution in [0.15, 0.2) is 41.3 Å². The predicted octanol–water partition coefficient (Wildman–Crippen LogP) is 2.50. The summed E-state index contributed by atoms with van der Waals surface area (Å²) < 4.78 is 3.15. The van der Waals surface area contributed by atoms with E-state index in [9.17, 15) is 9.59 Å². The number of aromatic nitrogens is 4. The van der Waals surface area contributed by atoms with E-state index < -0.39 is 0 Å². The maximum atomic E-state index is 12.9. The molecule has 28 heavy (non-hydrogen) atoms. The first-order valence-corrected chi connectivity index (χ1v) is 9.91. The van der Waals surface area contributed by atoms with Crippen LogP contribution in [-0.2, 0) is 11.3 Å². The molecule has 1 atom stereocenters. The summed E-state index contributed by atoms with van der Waals surface area (Å²) in [6.45, 7) is 1.75. The number of nitrogens with zero attached hydrogens (tertiary/aromatic N) is 4. The third-order valence-electron chi connectivity index (χ3n) is 5.64. The SMILES string of the molecule is Cc1nn(C2CC2)c2cnn(CC(=O)N[C@H](c3ccccc3)C3CC3)c(=O)c12. The van der Waals surface area contributed by atoms with Crippen molar-refractivity contribution >= 4 is 16.8 Å². The lowest BCUT2D eigenvalue weighted by molar-refractivity contribution is -0.122. The highest BCUT2D eigenvalue weighted by Gasteiger charge is 2.33. The van der Waals surface area contributed by atoms with Crippen LogP contribution in [-0.4, -0.2) is 25.5 Å². The van der Waals surface area contributed by atoms with E-state index in [1.54, 1.807) is 6.20 Å². The Bertz CT molecular complexity index is 1090. The summed E-state index contributed by atoms with van der Waals surface area (Å²) in [6.07, 6.45) is 6.07. The highest BCUT2D eigenvalue weighted by atomic mass is 16.2. The highest BCUT2D eigenvalue weighted by molar-refractivity contribution is 5.81. The molecule has 0 unspecified atom stereocenters. The molecule has 0 aliphatic heterocycles. The van der Waals surface area contributed by atoms with E-state index in [0.717, 1.165) is 36.8 Å². The fourth-order valence-corrected chi connectivity index (χ4v) is 3.89. The fourth-order valence-electron chi connectivity index (χ4n) is 3.89. The molecule has 1 N–H and O–H groups in total. The summed E-state index contributed by atoms with van der Waals surface area (Å²) in [5.74, 6) is 0.277. The first-order chi connectivity index (χ1) is 13.6. The van der Waals surface area contributed by atoms with Gasteiger partial charge in [-0.3, -0.25) is 14.3 Å². The zero-order chi connectivity index (χ0) is 19.3. The molecule has 0 radical (unpaired) electrons. The number of benzene rings is 1. The maximum absolute atomic E-state index is 12.9. The topological polar surface area (TPSA) is 81.8 Å². The molecule has 2 aliphatic carbocycles. The van der Waals surface area contributed by atoms with Gasteiger partial charge in [-0.15, -0.1) is 0 Å². The quantitative estimate of drug-likeness (QED) is 0.716.